The molecular formula is C20H20N2O4S. The van der Waals surface area contributed by atoms with Crippen LogP contribution in [0.5, 0.6) is 5.75 Å². The first-order valence-electron chi connectivity index (χ1n) is 8.42. The smallest absolute Gasteiger partial charge is 0.331 e. The molecule has 0 amide bonds. The van der Waals surface area contributed by atoms with Crippen LogP contribution in [0.2, 0.25) is 0 Å². The number of nitrogens with one attached hydrogen (secondary N) is 1. The van der Waals surface area contributed by atoms with E-state index in [9.17, 15) is 9.59 Å². The number of ether oxygens (including phenoxy) is 2. The van der Waals surface area contributed by atoms with E-state index in [-0.39, 0.29) is 5.56 Å². The highest BCUT2D eigenvalue weighted by atomic mass is 32.1. The number of methoxy groups -OCH3 is 1. The SMILES string of the molecule is COc1ccccc1/C=C/C(=O)OC(C)c1nc2sc(C)c(C)c2c(=O)[nH]1. The standard InChI is InChI=1S/C20H20N2O4S/c1-11-13(3)27-20-17(11)19(24)21-18(22-20)12(2)26-16(23)10-9-14-7-5-6-8-15(14)25-4/h5-10,12H,1-4H3,(H,21,22,24)/b10-9+. The molecule has 7 heteroatoms. The fraction of sp³-hybridized carbons (Fsp3) is 0.250. The molecule has 140 valence electrons. The second kappa shape index (κ2) is 7.75. The molecule has 1 N–H and O–H groups in total. The first kappa shape index (κ1) is 18.8. The molecule has 0 aliphatic rings. The Morgan fingerprint density at radius 3 is 2.78 bits per heavy atom. The van der Waals surface area contributed by atoms with Crippen LogP contribution in [-0.4, -0.2) is 23.0 Å². The Morgan fingerprint density at radius 2 is 2.04 bits per heavy atom. The zero-order chi connectivity index (χ0) is 19.6. The summed E-state index contributed by atoms with van der Waals surface area (Å²) in [5.74, 6) is 0.456. The largest absolute Gasteiger partial charge is 0.496 e. The van der Waals surface area contributed by atoms with Gasteiger partial charge in [-0.25, -0.2) is 9.78 Å². The number of H-pyrrole nitrogens is 1. The van der Waals surface area contributed by atoms with E-state index in [1.54, 1.807) is 20.1 Å². The molecule has 3 rings (SSSR count). The van der Waals surface area contributed by atoms with E-state index in [2.05, 4.69) is 9.97 Å². The number of rotatable bonds is 5. The summed E-state index contributed by atoms with van der Waals surface area (Å²) < 4.78 is 10.6. The minimum atomic E-state index is -0.681. The third-order valence-electron chi connectivity index (χ3n) is 4.27. The van der Waals surface area contributed by atoms with Crippen LogP contribution in [0, 0.1) is 13.8 Å². The van der Waals surface area contributed by atoms with Gasteiger partial charge in [0.15, 0.2) is 11.9 Å². The molecule has 0 radical (unpaired) electrons. The second-order valence-electron chi connectivity index (χ2n) is 6.07. The second-order valence-corrected chi connectivity index (χ2v) is 7.27. The van der Waals surface area contributed by atoms with Crippen molar-refractivity contribution in [2.24, 2.45) is 0 Å². The van der Waals surface area contributed by atoms with Crippen LogP contribution in [0.3, 0.4) is 0 Å². The van der Waals surface area contributed by atoms with Crippen molar-refractivity contribution < 1.29 is 14.3 Å². The molecule has 0 aliphatic carbocycles. The monoisotopic (exact) mass is 384 g/mol. The first-order chi connectivity index (χ1) is 12.9. The summed E-state index contributed by atoms with van der Waals surface area (Å²) in [7, 11) is 1.57. The normalized spacial score (nSPS) is 12.4. The molecular weight excluding hydrogens is 364 g/mol. The summed E-state index contributed by atoms with van der Waals surface area (Å²) in [6.45, 7) is 5.52. The zero-order valence-corrected chi connectivity index (χ0v) is 16.3. The molecule has 0 saturated heterocycles. The minimum Gasteiger partial charge on any atom is -0.496 e. The summed E-state index contributed by atoms with van der Waals surface area (Å²) in [5, 5.41) is 0.593. The number of aromatic amines is 1. The molecule has 3 aromatic rings. The molecule has 0 aliphatic heterocycles. The third-order valence-corrected chi connectivity index (χ3v) is 5.37. The fourth-order valence-corrected chi connectivity index (χ4v) is 3.73. The van der Waals surface area contributed by atoms with Crippen LogP contribution in [0.15, 0.2) is 35.1 Å². The number of aryl methyl sites for hydroxylation is 2. The van der Waals surface area contributed by atoms with E-state index in [0.29, 0.717) is 21.8 Å². The van der Waals surface area contributed by atoms with Crippen molar-refractivity contribution in [3.05, 3.63) is 62.5 Å². The maximum absolute atomic E-state index is 12.3. The number of para-hydroxylation sites is 1. The van der Waals surface area contributed by atoms with Crippen molar-refractivity contribution in [1.29, 1.82) is 0 Å². The van der Waals surface area contributed by atoms with Crippen LogP contribution in [0.1, 0.15) is 34.9 Å². The molecule has 0 fully saturated rings. The van der Waals surface area contributed by atoms with E-state index in [1.807, 2.05) is 38.1 Å². The van der Waals surface area contributed by atoms with Gasteiger partial charge in [-0.2, -0.15) is 0 Å². The Hall–Kier alpha value is -2.93. The maximum atomic E-state index is 12.3. The average molecular weight is 384 g/mol. The van der Waals surface area contributed by atoms with Crippen LogP contribution >= 0.6 is 11.3 Å². The minimum absolute atomic E-state index is 0.218. The molecule has 27 heavy (non-hydrogen) atoms. The van der Waals surface area contributed by atoms with Gasteiger partial charge in [-0.05, 0) is 38.5 Å². The van der Waals surface area contributed by atoms with E-state index >= 15 is 0 Å². The Bertz CT molecular complexity index is 1080. The molecule has 6 nitrogen and oxygen atoms in total. The van der Waals surface area contributed by atoms with Gasteiger partial charge in [0, 0.05) is 16.5 Å². The summed E-state index contributed by atoms with van der Waals surface area (Å²) in [4.78, 5) is 33.4. The number of benzene rings is 1. The topological polar surface area (TPSA) is 81.3 Å². The molecule has 1 aromatic carbocycles. The summed E-state index contributed by atoms with van der Waals surface area (Å²) in [6, 6.07) is 7.34. The molecule has 0 saturated carbocycles. The van der Waals surface area contributed by atoms with Crippen molar-refractivity contribution in [3.63, 3.8) is 0 Å². The van der Waals surface area contributed by atoms with Gasteiger partial charge >= 0.3 is 5.97 Å². The Kier molecular flexibility index (Phi) is 5.41. The van der Waals surface area contributed by atoms with Crippen molar-refractivity contribution in [1.82, 2.24) is 9.97 Å². The Balaban J connectivity index is 1.78. The first-order valence-corrected chi connectivity index (χ1v) is 9.24. The molecule has 0 bridgehead atoms. The third kappa shape index (κ3) is 3.93. The van der Waals surface area contributed by atoms with Crippen molar-refractivity contribution in [2.75, 3.05) is 7.11 Å². The van der Waals surface area contributed by atoms with Crippen LogP contribution in [0.25, 0.3) is 16.3 Å². The fourth-order valence-electron chi connectivity index (χ4n) is 2.70. The highest BCUT2D eigenvalue weighted by Crippen LogP contribution is 2.27. The number of esters is 1. The molecule has 0 spiro atoms. The molecule has 2 heterocycles. The highest BCUT2D eigenvalue weighted by molar-refractivity contribution is 7.18. The number of nitrogens with zero attached hydrogens (tertiary/aromatic N) is 1. The predicted molar refractivity (Wildman–Crippen MR) is 106 cm³/mol. The Labute approximate surface area is 160 Å². The van der Waals surface area contributed by atoms with Gasteiger partial charge in [0.25, 0.3) is 5.56 Å². The van der Waals surface area contributed by atoms with Crippen LogP contribution < -0.4 is 10.3 Å². The number of carbonyl (C=O) groups excluding carboxylic acids is 1. The number of hydrogen-bond acceptors (Lipinski definition) is 6. The van der Waals surface area contributed by atoms with Gasteiger partial charge in [-0.3, -0.25) is 4.79 Å². The van der Waals surface area contributed by atoms with Crippen molar-refractivity contribution in [2.45, 2.75) is 26.9 Å². The number of hydrogen-bond donors (Lipinski definition) is 1. The molecule has 1 unspecified atom stereocenters. The van der Waals surface area contributed by atoms with Gasteiger partial charge in [-0.1, -0.05) is 18.2 Å². The van der Waals surface area contributed by atoms with E-state index in [1.165, 1.54) is 17.4 Å². The lowest BCUT2D eigenvalue weighted by Crippen LogP contribution is -2.16. The maximum Gasteiger partial charge on any atom is 0.331 e. The van der Waals surface area contributed by atoms with Gasteiger partial charge in [0.2, 0.25) is 0 Å². The summed E-state index contributed by atoms with van der Waals surface area (Å²) in [6.07, 6.45) is 2.27. The number of fused-ring (bicyclic) bond motifs is 1. The van der Waals surface area contributed by atoms with Crippen molar-refractivity contribution in [3.8, 4) is 5.75 Å². The van der Waals surface area contributed by atoms with Crippen molar-refractivity contribution >= 4 is 33.6 Å². The average Bonchev–Trinajstić information content (AvgIpc) is 2.94. The number of aromatic nitrogens is 2. The quantitative estimate of drug-likeness (QED) is 0.532. The number of thiophene rings is 1. The van der Waals surface area contributed by atoms with Crippen LogP contribution in [-0.2, 0) is 9.53 Å². The molecule has 2 aromatic heterocycles. The van der Waals surface area contributed by atoms with E-state index < -0.39 is 12.1 Å². The van der Waals surface area contributed by atoms with E-state index in [4.69, 9.17) is 9.47 Å². The highest BCUT2D eigenvalue weighted by Gasteiger charge is 2.17. The van der Waals surface area contributed by atoms with E-state index in [0.717, 1.165) is 16.0 Å². The van der Waals surface area contributed by atoms with Gasteiger partial charge in [-0.15, -0.1) is 11.3 Å². The lowest BCUT2D eigenvalue weighted by Gasteiger charge is -2.11. The van der Waals surface area contributed by atoms with Gasteiger partial charge in [0.05, 0.1) is 12.5 Å². The summed E-state index contributed by atoms with van der Waals surface area (Å²) in [5.41, 5.74) is 1.48. The molecule has 1 atom stereocenters. The Morgan fingerprint density at radius 1 is 1.30 bits per heavy atom. The lowest BCUT2D eigenvalue weighted by atomic mass is 10.2. The van der Waals surface area contributed by atoms with Gasteiger partial charge < -0.3 is 14.5 Å². The predicted octanol–water partition coefficient (Wildman–Crippen LogP) is 3.93. The number of carbonyl (C=O) groups is 1. The lowest BCUT2D eigenvalue weighted by molar-refractivity contribution is -0.142. The summed E-state index contributed by atoms with van der Waals surface area (Å²) >= 11 is 1.46. The zero-order valence-electron chi connectivity index (χ0n) is 15.5. The van der Waals surface area contributed by atoms with Crippen LogP contribution in [0.4, 0.5) is 0 Å². The van der Waals surface area contributed by atoms with Gasteiger partial charge in [0.1, 0.15) is 10.6 Å².